The largest absolute Gasteiger partial charge is 0.330 e. The van der Waals surface area contributed by atoms with Gasteiger partial charge >= 0.3 is 0 Å². The minimum Gasteiger partial charge on any atom is -0.330 e. The van der Waals surface area contributed by atoms with Crippen molar-refractivity contribution in [2.24, 2.45) is 17.3 Å². The van der Waals surface area contributed by atoms with E-state index in [0.717, 1.165) is 24.7 Å². The minimum absolute atomic E-state index is 0.115. The topological polar surface area (TPSA) is 34.9 Å². The normalized spacial score (nSPS) is 28.6. The fourth-order valence-corrected chi connectivity index (χ4v) is 2.96. The summed E-state index contributed by atoms with van der Waals surface area (Å²) in [5.41, 5.74) is -0.115. The van der Waals surface area contributed by atoms with E-state index in [0.29, 0.717) is 12.3 Å². The average Bonchev–Trinajstić information content (AvgIpc) is 2.82. The Morgan fingerprint density at radius 1 is 1.44 bits per heavy atom. The number of carbonyl (C=O) groups excluding carboxylic acids is 1. The quantitative estimate of drug-likeness (QED) is 0.819. The summed E-state index contributed by atoms with van der Waals surface area (Å²) < 4.78 is 1.88. The van der Waals surface area contributed by atoms with Crippen LogP contribution in [0.4, 0.5) is 0 Å². The van der Waals surface area contributed by atoms with Crippen LogP contribution in [0.2, 0.25) is 0 Å². The van der Waals surface area contributed by atoms with Gasteiger partial charge in [0.2, 0.25) is 0 Å². The van der Waals surface area contributed by atoms with Crippen LogP contribution in [0.25, 0.3) is 0 Å². The molecule has 1 fully saturated rings. The van der Waals surface area contributed by atoms with Crippen molar-refractivity contribution in [2.75, 3.05) is 0 Å². The highest BCUT2D eigenvalue weighted by atomic mass is 16.1. The number of Topliss-reactive ketones (excluding diaryl/α,β-unsaturated/α-hetero) is 1. The van der Waals surface area contributed by atoms with E-state index in [1.165, 1.54) is 12.8 Å². The Kier molecular flexibility index (Phi) is 3.88. The third-order valence-electron chi connectivity index (χ3n) is 4.64. The molecule has 0 amide bonds. The lowest BCUT2D eigenvalue weighted by atomic mass is 9.67. The van der Waals surface area contributed by atoms with Crippen molar-refractivity contribution in [1.82, 2.24) is 9.55 Å². The first kappa shape index (κ1) is 13.3. The number of carbonyl (C=O) groups is 1. The number of nitrogens with zero attached hydrogens (tertiary/aromatic N) is 2. The lowest BCUT2D eigenvalue weighted by Crippen LogP contribution is -2.35. The van der Waals surface area contributed by atoms with Crippen LogP contribution in [0.15, 0.2) is 18.7 Å². The molecule has 1 aromatic rings. The third kappa shape index (κ3) is 2.82. The van der Waals surface area contributed by atoms with E-state index in [2.05, 4.69) is 25.8 Å². The summed E-state index contributed by atoms with van der Waals surface area (Å²) in [7, 11) is 0. The molecular weight excluding hydrogens is 224 g/mol. The van der Waals surface area contributed by atoms with Gasteiger partial charge < -0.3 is 4.57 Å². The molecule has 0 aliphatic heterocycles. The molecule has 1 heterocycles. The highest BCUT2D eigenvalue weighted by Gasteiger charge is 2.37. The van der Waals surface area contributed by atoms with E-state index in [-0.39, 0.29) is 5.41 Å². The van der Waals surface area contributed by atoms with Crippen LogP contribution in [0.5, 0.6) is 0 Å². The molecule has 0 radical (unpaired) electrons. The number of hydrogen-bond acceptors (Lipinski definition) is 2. The van der Waals surface area contributed by atoms with E-state index in [1.807, 2.05) is 10.8 Å². The van der Waals surface area contributed by atoms with Crippen molar-refractivity contribution in [1.29, 1.82) is 0 Å². The van der Waals surface area contributed by atoms with Gasteiger partial charge in [-0.15, -0.1) is 0 Å². The second kappa shape index (κ2) is 5.25. The molecule has 0 bridgehead atoms. The zero-order valence-electron chi connectivity index (χ0n) is 11.7. The van der Waals surface area contributed by atoms with Crippen LogP contribution in [-0.4, -0.2) is 15.3 Å². The number of ketones is 1. The monoisotopic (exact) mass is 248 g/mol. The van der Waals surface area contributed by atoms with Gasteiger partial charge in [0.1, 0.15) is 0 Å². The van der Waals surface area contributed by atoms with Crippen molar-refractivity contribution in [3.8, 4) is 0 Å². The molecule has 1 aliphatic rings. The van der Waals surface area contributed by atoms with Gasteiger partial charge in [0.15, 0.2) is 5.78 Å². The summed E-state index contributed by atoms with van der Waals surface area (Å²) in [5, 5.41) is 0. The molecule has 0 saturated heterocycles. The van der Waals surface area contributed by atoms with E-state index < -0.39 is 0 Å². The number of hydrogen-bond donors (Lipinski definition) is 0. The third-order valence-corrected chi connectivity index (χ3v) is 4.64. The molecule has 100 valence electrons. The molecule has 2 rings (SSSR count). The molecule has 1 saturated carbocycles. The van der Waals surface area contributed by atoms with Gasteiger partial charge in [-0.3, -0.25) is 4.79 Å². The second-order valence-electron chi connectivity index (χ2n) is 6.30. The van der Waals surface area contributed by atoms with E-state index in [1.54, 1.807) is 12.5 Å². The lowest BCUT2D eigenvalue weighted by Gasteiger charge is -2.37. The molecule has 3 heteroatoms. The predicted molar refractivity (Wildman–Crippen MR) is 72.1 cm³/mol. The van der Waals surface area contributed by atoms with Crippen molar-refractivity contribution < 1.29 is 4.79 Å². The standard InChI is InChI=1S/C15H24N2O/c1-12(2)13-4-6-15(3,7-5-13)14(18)10-17-9-8-16-11-17/h8-9,11-13H,4-7,10H2,1-3H3. The van der Waals surface area contributed by atoms with Gasteiger partial charge in [0, 0.05) is 17.8 Å². The lowest BCUT2D eigenvalue weighted by molar-refractivity contribution is -0.131. The zero-order chi connectivity index (χ0) is 13.2. The van der Waals surface area contributed by atoms with Crippen LogP contribution in [-0.2, 0) is 11.3 Å². The van der Waals surface area contributed by atoms with Crippen LogP contribution in [0.3, 0.4) is 0 Å². The molecule has 1 aliphatic carbocycles. The maximum absolute atomic E-state index is 12.4. The van der Waals surface area contributed by atoms with Gasteiger partial charge in [-0.2, -0.15) is 0 Å². The van der Waals surface area contributed by atoms with Crippen LogP contribution >= 0.6 is 0 Å². The van der Waals surface area contributed by atoms with Crippen LogP contribution in [0.1, 0.15) is 46.5 Å². The van der Waals surface area contributed by atoms with Gasteiger partial charge in [0.05, 0.1) is 12.9 Å². The predicted octanol–water partition coefficient (Wildman–Crippen LogP) is 3.30. The Labute approximate surface area is 110 Å². The molecule has 0 unspecified atom stereocenters. The summed E-state index contributed by atoms with van der Waals surface area (Å²) >= 11 is 0. The van der Waals surface area contributed by atoms with Crippen LogP contribution < -0.4 is 0 Å². The second-order valence-corrected chi connectivity index (χ2v) is 6.30. The van der Waals surface area contributed by atoms with E-state index in [9.17, 15) is 4.79 Å². The van der Waals surface area contributed by atoms with Gasteiger partial charge in [-0.1, -0.05) is 20.8 Å². The molecule has 1 aromatic heterocycles. The maximum atomic E-state index is 12.4. The first-order valence-electron chi connectivity index (χ1n) is 7.00. The minimum atomic E-state index is -0.115. The highest BCUT2D eigenvalue weighted by Crippen LogP contribution is 2.42. The van der Waals surface area contributed by atoms with Crippen molar-refractivity contribution in [3.05, 3.63) is 18.7 Å². The van der Waals surface area contributed by atoms with Gasteiger partial charge in [-0.25, -0.2) is 4.98 Å². The highest BCUT2D eigenvalue weighted by molar-refractivity contribution is 5.84. The molecule has 0 aromatic carbocycles. The number of imidazole rings is 1. The fourth-order valence-electron chi connectivity index (χ4n) is 2.96. The van der Waals surface area contributed by atoms with Crippen molar-refractivity contribution >= 4 is 5.78 Å². The van der Waals surface area contributed by atoms with Gasteiger partial charge in [-0.05, 0) is 37.5 Å². The first-order chi connectivity index (χ1) is 8.51. The average molecular weight is 248 g/mol. The maximum Gasteiger partial charge on any atom is 0.158 e. The number of aromatic nitrogens is 2. The Morgan fingerprint density at radius 3 is 2.61 bits per heavy atom. The Balaban J connectivity index is 1.94. The van der Waals surface area contributed by atoms with Crippen LogP contribution in [0, 0.1) is 17.3 Å². The van der Waals surface area contributed by atoms with Crippen molar-refractivity contribution in [3.63, 3.8) is 0 Å². The van der Waals surface area contributed by atoms with E-state index >= 15 is 0 Å². The first-order valence-corrected chi connectivity index (χ1v) is 7.00. The zero-order valence-corrected chi connectivity index (χ0v) is 11.7. The molecular formula is C15H24N2O. The molecule has 0 N–H and O–H groups in total. The Bertz CT molecular complexity index is 387. The Hall–Kier alpha value is -1.12. The molecule has 18 heavy (non-hydrogen) atoms. The number of rotatable bonds is 4. The van der Waals surface area contributed by atoms with Gasteiger partial charge in [0.25, 0.3) is 0 Å². The summed E-state index contributed by atoms with van der Waals surface area (Å²) in [6.45, 7) is 7.20. The SMILES string of the molecule is CC(C)C1CCC(C)(C(=O)Cn2ccnc2)CC1. The smallest absolute Gasteiger partial charge is 0.158 e. The van der Waals surface area contributed by atoms with E-state index in [4.69, 9.17) is 0 Å². The summed E-state index contributed by atoms with van der Waals surface area (Å²) in [5.74, 6) is 1.92. The molecule has 0 atom stereocenters. The molecule has 3 nitrogen and oxygen atoms in total. The molecule has 0 spiro atoms. The summed E-state index contributed by atoms with van der Waals surface area (Å²) in [6, 6.07) is 0. The summed E-state index contributed by atoms with van der Waals surface area (Å²) in [6.07, 6.45) is 9.80. The summed E-state index contributed by atoms with van der Waals surface area (Å²) in [4.78, 5) is 16.4. The Morgan fingerprint density at radius 2 is 2.11 bits per heavy atom. The van der Waals surface area contributed by atoms with Crippen molar-refractivity contribution in [2.45, 2.75) is 53.0 Å². The fraction of sp³-hybridized carbons (Fsp3) is 0.733.